The zero-order valence-electron chi connectivity index (χ0n) is 10.9. The molecule has 0 atom stereocenters. The molecule has 0 saturated heterocycles. The maximum Gasteiger partial charge on any atom is 0.224 e. The van der Waals surface area contributed by atoms with Gasteiger partial charge in [0.25, 0.3) is 0 Å². The van der Waals surface area contributed by atoms with Gasteiger partial charge in [-0.25, -0.2) is 9.37 Å². The first kappa shape index (κ1) is 13.2. The Morgan fingerprint density at radius 3 is 2.84 bits per heavy atom. The summed E-state index contributed by atoms with van der Waals surface area (Å²) >= 11 is 0. The quantitative estimate of drug-likeness (QED) is 0.865. The van der Waals surface area contributed by atoms with Gasteiger partial charge < -0.3 is 10.6 Å². The summed E-state index contributed by atoms with van der Waals surface area (Å²) in [6.45, 7) is 5.08. The Morgan fingerprint density at radius 2 is 2.11 bits per heavy atom. The molecule has 0 radical (unpaired) electrons. The number of nitrogens with one attached hydrogen (secondary N) is 2. The Hall–Kier alpha value is -2.24. The smallest absolute Gasteiger partial charge is 0.224 e. The Morgan fingerprint density at radius 1 is 1.26 bits per heavy atom. The van der Waals surface area contributed by atoms with Crippen molar-refractivity contribution in [1.82, 2.24) is 15.0 Å². The van der Waals surface area contributed by atoms with Crippen LogP contribution in [0, 0.1) is 12.7 Å². The predicted molar refractivity (Wildman–Crippen MR) is 72.5 cm³/mol. The molecule has 19 heavy (non-hydrogen) atoms. The lowest BCUT2D eigenvalue weighted by Gasteiger charge is -2.09. The SMILES string of the molecule is CCNc1ncc(F)c(NCc2ccncc2C)n1. The Bertz CT molecular complexity index is 558. The third-order valence-corrected chi connectivity index (χ3v) is 2.66. The van der Waals surface area contributed by atoms with Crippen LogP contribution < -0.4 is 10.6 Å². The van der Waals surface area contributed by atoms with Crippen LogP contribution in [0.3, 0.4) is 0 Å². The number of nitrogens with zero attached hydrogens (tertiary/aromatic N) is 3. The van der Waals surface area contributed by atoms with E-state index in [2.05, 4.69) is 25.6 Å². The van der Waals surface area contributed by atoms with Gasteiger partial charge in [0.05, 0.1) is 6.20 Å². The fourth-order valence-corrected chi connectivity index (χ4v) is 1.61. The number of pyridine rings is 1. The first-order chi connectivity index (χ1) is 9.20. The van der Waals surface area contributed by atoms with Gasteiger partial charge in [0, 0.05) is 25.5 Å². The van der Waals surface area contributed by atoms with Crippen LogP contribution in [0.4, 0.5) is 16.2 Å². The maximum atomic E-state index is 13.6. The van der Waals surface area contributed by atoms with Crippen molar-refractivity contribution in [1.29, 1.82) is 0 Å². The van der Waals surface area contributed by atoms with E-state index in [-0.39, 0.29) is 5.82 Å². The monoisotopic (exact) mass is 261 g/mol. The van der Waals surface area contributed by atoms with E-state index in [9.17, 15) is 4.39 Å². The molecule has 2 heterocycles. The van der Waals surface area contributed by atoms with Gasteiger partial charge in [-0.1, -0.05) is 0 Å². The molecule has 0 spiro atoms. The molecule has 6 heteroatoms. The summed E-state index contributed by atoms with van der Waals surface area (Å²) < 4.78 is 13.6. The molecular weight excluding hydrogens is 245 g/mol. The van der Waals surface area contributed by atoms with E-state index in [0.717, 1.165) is 17.3 Å². The summed E-state index contributed by atoms with van der Waals surface area (Å²) in [6, 6.07) is 1.90. The standard InChI is InChI=1S/C13H16FN5/c1-3-16-13-18-8-11(14)12(19-13)17-7-10-4-5-15-6-9(10)2/h4-6,8H,3,7H2,1-2H3,(H2,16,17,18,19). The number of aromatic nitrogens is 3. The van der Waals surface area contributed by atoms with E-state index in [0.29, 0.717) is 19.0 Å². The average molecular weight is 261 g/mol. The van der Waals surface area contributed by atoms with E-state index >= 15 is 0 Å². The summed E-state index contributed by atoms with van der Waals surface area (Å²) in [7, 11) is 0. The van der Waals surface area contributed by atoms with Crippen LogP contribution in [0.25, 0.3) is 0 Å². The van der Waals surface area contributed by atoms with E-state index in [1.807, 2.05) is 19.9 Å². The fourth-order valence-electron chi connectivity index (χ4n) is 1.61. The molecule has 0 aromatic carbocycles. The molecule has 5 nitrogen and oxygen atoms in total. The Kier molecular flexibility index (Phi) is 4.22. The zero-order valence-corrected chi connectivity index (χ0v) is 10.9. The van der Waals surface area contributed by atoms with Crippen LogP contribution in [0.15, 0.2) is 24.7 Å². The van der Waals surface area contributed by atoms with Crippen molar-refractivity contribution in [3.63, 3.8) is 0 Å². The van der Waals surface area contributed by atoms with Crippen molar-refractivity contribution in [2.75, 3.05) is 17.2 Å². The summed E-state index contributed by atoms with van der Waals surface area (Å²) in [5.41, 5.74) is 2.11. The molecule has 0 unspecified atom stereocenters. The Balaban J connectivity index is 2.10. The third kappa shape index (κ3) is 3.37. The van der Waals surface area contributed by atoms with Crippen LogP contribution in [-0.2, 0) is 6.54 Å². The van der Waals surface area contributed by atoms with Gasteiger partial charge in [-0.3, -0.25) is 4.98 Å². The van der Waals surface area contributed by atoms with Crippen LogP contribution in [0.1, 0.15) is 18.1 Å². The van der Waals surface area contributed by atoms with Gasteiger partial charge in [0.2, 0.25) is 5.95 Å². The fraction of sp³-hybridized carbons (Fsp3) is 0.308. The van der Waals surface area contributed by atoms with E-state index < -0.39 is 5.82 Å². The van der Waals surface area contributed by atoms with Gasteiger partial charge in [0.15, 0.2) is 11.6 Å². The first-order valence-corrected chi connectivity index (χ1v) is 6.10. The normalized spacial score (nSPS) is 10.3. The lowest BCUT2D eigenvalue weighted by molar-refractivity contribution is 0.617. The molecule has 100 valence electrons. The third-order valence-electron chi connectivity index (χ3n) is 2.66. The zero-order chi connectivity index (χ0) is 13.7. The van der Waals surface area contributed by atoms with Crippen LogP contribution >= 0.6 is 0 Å². The number of hydrogen-bond donors (Lipinski definition) is 2. The van der Waals surface area contributed by atoms with Gasteiger partial charge in [-0.05, 0) is 31.0 Å². The molecule has 2 rings (SSSR count). The number of halogens is 1. The van der Waals surface area contributed by atoms with Crippen LogP contribution in [0.2, 0.25) is 0 Å². The molecule has 0 fully saturated rings. The molecule has 2 N–H and O–H groups in total. The van der Waals surface area contributed by atoms with E-state index in [4.69, 9.17) is 0 Å². The van der Waals surface area contributed by atoms with Crippen molar-refractivity contribution in [3.8, 4) is 0 Å². The minimum atomic E-state index is -0.464. The number of anilines is 2. The second-order valence-electron chi connectivity index (χ2n) is 4.08. The largest absolute Gasteiger partial charge is 0.363 e. The molecule has 0 amide bonds. The second-order valence-corrected chi connectivity index (χ2v) is 4.08. The highest BCUT2D eigenvalue weighted by Crippen LogP contribution is 2.14. The second kappa shape index (κ2) is 6.08. The molecule has 0 bridgehead atoms. The molecule has 2 aromatic heterocycles. The minimum Gasteiger partial charge on any atom is -0.363 e. The number of hydrogen-bond acceptors (Lipinski definition) is 5. The van der Waals surface area contributed by atoms with Crippen molar-refractivity contribution >= 4 is 11.8 Å². The van der Waals surface area contributed by atoms with Crippen molar-refractivity contribution in [2.45, 2.75) is 20.4 Å². The summed E-state index contributed by atoms with van der Waals surface area (Å²) in [5, 5.41) is 5.92. The van der Waals surface area contributed by atoms with Gasteiger partial charge in [-0.2, -0.15) is 4.98 Å². The number of aryl methyl sites for hydroxylation is 1. The van der Waals surface area contributed by atoms with Gasteiger partial charge in [0.1, 0.15) is 0 Å². The maximum absolute atomic E-state index is 13.6. The highest BCUT2D eigenvalue weighted by atomic mass is 19.1. The lowest BCUT2D eigenvalue weighted by atomic mass is 10.1. The van der Waals surface area contributed by atoms with Crippen molar-refractivity contribution in [2.24, 2.45) is 0 Å². The highest BCUT2D eigenvalue weighted by Gasteiger charge is 2.07. The molecule has 0 aliphatic rings. The minimum absolute atomic E-state index is 0.196. The first-order valence-electron chi connectivity index (χ1n) is 6.10. The molecular formula is C13H16FN5. The van der Waals surface area contributed by atoms with E-state index in [1.165, 1.54) is 0 Å². The number of rotatable bonds is 5. The predicted octanol–water partition coefficient (Wildman–Crippen LogP) is 2.36. The van der Waals surface area contributed by atoms with Crippen molar-refractivity contribution in [3.05, 3.63) is 41.6 Å². The van der Waals surface area contributed by atoms with Crippen LogP contribution in [-0.4, -0.2) is 21.5 Å². The molecule has 0 aliphatic carbocycles. The Labute approximate surface area is 111 Å². The summed E-state index contributed by atoms with van der Waals surface area (Å²) in [6.07, 6.45) is 4.65. The summed E-state index contributed by atoms with van der Waals surface area (Å²) in [4.78, 5) is 12.0. The topological polar surface area (TPSA) is 62.7 Å². The van der Waals surface area contributed by atoms with Gasteiger partial charge in [-0.15, -0.1) is 0 Å². The van der Waals surface area contributed by atoms with Crippen molar-refractivity contribution < 1.29 is 4.39 Å². The van der Waals surface area contributed by atoms with Crippen LogP contribution in [0.5, 0.6) is 0 Å². The molecule has 0 saturated carbocycles. The highest BCUT2D eigenvalue weighted by molar-refractivity contribution is 5.42. The summed E-state index contributed by atoms with van der Waals surface area (Å²) in [5.74, 6) is 0.147. The average Bonchev–Trinajstić information content (AvgIpc) is 2.41. The van der Waals surface area contributed by atoms with Gasteiger partial charge >= 0.3 is 0 Å². The lowest BCUT2D eigenvalue weighted by Crippen LogP contribution is -2.09. The molecule has 0 aliphatic heterocycles. The molecule has 2 aromatic rings. The van der Waals surface area contributed by atoms with E-state index in [1.54, 1.807) is 12.4 Å².